The fraction of sp³-hybridized carbons (Fsp3) is 0.217. The number of imide groups is 1. The lowest BCUT2D eigenvalue weighted by molar-refractivity contribution is -0.119. The molecular formula is C23H19ClN4O4S. The lowest BCUT2D eigenvalue weighted by atomic mass is 10.1. The number of para-hydroxylation sites is 1. The number of benzene rings is 2. The summed E-state index contributed by atoms with van der Waals surface area (Å²) >= 11 is 7.37. The molecule has 8 nitrogen and oxygen atoms in total. The number of anilines is 1. The molecule has 2 aromatic carbocycles. The summed E-state index contributed by atoms with van der Waals surface area (Å²) in [6.07, 6.45) is 1.85. The van der Waals surface area contributed by atoms with E-state index < -0.39 is 17.3 Å². The average Bonchev–Trinajstić information content (AvgIpc) is 3.49. The van der Waals surface area contributed by atoms with E-state index >= 15 is 0 Å². The van der Waals surface area contributed by atoms with Gasteiger partial charge < -0.3 is 14.2 Å². The van der Waals surface area contributed by atoms with E-state index in [1.165, 1.54) is 16.7 Å². The summed E-state index contributed by atoms with van der Waals surface area (Å²) in [5, 5.41) is 6.00. The fourth-order valence-electron chi connectivity index (χ4n) is 3.85. The van der Waals surface area contributed by atoms with Crippen LogP contribution in [0.5, 0.6) is 5.75 Å². The van der Waals surface area contributed by atoms with Gasteiger partial charge >= 0.3 is 6.03 Å². The molecule has 2 atom stereocenters. The van der Waals surface area contributed by atoms with Gasteiger partial charge in [0, 0.05) is 5.02 Å². The number of fused-ring (bicyclic) bond motifs is 1. The average molecular weight is 483 g/mol. The van der Waals surface area contributed by atoms with Gasteiger partial charge in [0.1, 0.15) is 17.5 Å². The number of halogens is 1. The van der Waals surface area contributed by atoms with Crippen LogP contribution < -0.4 is 9.64 Å². The van der Waals surface area contributed by atoms with Crippen LogP contribution in [-0.4, -0.2) is 44.9 Å². The monoisotopic (exact) mass is 482 g/mol. The van der Waals surface area contributed by atoms with Crippen LogP contribution in [0.3, 0.4) is 0 Å². The van der Waals surface area contributed by atoms with Crippen LogP contribution in [0, 0.1) is 0 Å². The molecule has 3 heterocycles. The minimum absolute atomic E-state index is 0.0616. The number of ether oxygens (including phenoxy) is 1. The molecule has 0 radical (unpaired) electrons. The summed E-state index contributed by atoms with van der Waals surface area (Å²) in [6.45, 7) is 2.47. The normalized spacial score (nSPS) is 19.8. The van der Waals surface area contributed by atoms with Crippen molar-refractivity contribution < 1.29 is 18.8 Å². The number of hydrogen-bond donors (Lipinski definition) is 0. The minimum atomic E-state index is -0.454. The summed E-state index contributed by atoms with van der Waals surface area (Å²) in [4.78, 5) is 33.8. The Morgan fingerprint density at radius 1 is 1.15 bits per heavy atom. The number of nitrogens with zero attached hydrogens (tertiary/aromatic N) is 4. The van der Waals surface area contributed by atoms with Gasteiger partial charge in [-0.2, -0.15) is 4.98 Å². The molecule has 0 N–H and O–H groups in total. The summed E-state index contributed by atoms with van der Waals surface area (Å²) in [5.41, 5.74) is 1.16. The van der Waals surface area contributed by atoms with Gasteiger partial charge in [0.2, 0.25) is 11.7 Å². The highest BCUT2D eigenvalue weighted by atomic mass is 35.5. The van der Waals surface area contributed by atoms with E-state index in [1.54, 1.807) is 29.2 Å². The lowest BCUT2D eigenvalue weighted by Gasteiger charge is -2.40. The Balaban J connectivity index is 1.44. The van der Waals surface area contributed by atoms with Crippen LogP contribution in [0.2, 0.25) is 5.02 Å². The molecule has 168 valence electrons. The van der Waals surface area contributed by atoms with Crippen LogP contribution in [0.4, 0.5) is 10.5 Å². The molecular weight excluding hydrogens is 464 g/mol. The second-order valence-electron chi connectivity index (χ2n) is 7.38. The van der Waals surface area contributed by atoms with Crippen molar-refractivity contribution in [1.29, 1.82) is 0 Å². The first-order valence-electron chi connectivity index (χ1n) is 10.3. The van der Waals surface area contributed by atoms with Gasteiger partial charge in [-0.3, -0.25) is 4.79 Å². The summed E-state index contributed by atoms with van der Waals surface area (Å²) < 4.78 is 11.1. The molecule has 1 saturated heterocycles. The lowest BCUT2D eigenvalue weighted by Crippen LogP contribution is -2.61. The molecule has 0 bridgehead atoms. The number of aromatic nitrogens is 2. The van der Waals surface area contributed by atoms with Gasteiger partial charge in [-0.05, 0) is 48.7 Å². The Kier molecular flexibility index (Phi) is 5.82. The van der Waals surface area contributed by atoms with Gasteiger partial charge in [-0.15, -0.1) is 11.8 Å². The van der Waals surface area contributed by atoms with E-state index in [-0.39, 0.29) is 18.3 Å². The summed E-state index contributed by atoms with van der Waals surface area (Å²) in [7, 11) is 0. The largest absolute Gasteiger partial charge is 0.493 e. The topological polar surface area (TPSA) is 88.8 Å². The Bertz CT molecular complexity index is 1230. The highest BCUT2D eigenvalue weighted by Crippen LogP contribution is 2.37. The van der Waals surface area contributed by atoms with Crippen LogP contribution in [0.25, 0.3) is 11.4 Å². The van der Waals surface area contributed by atoms with Crippen molar-refractivity contribution in [2.45, 2.75) is 24.8 Å². The molecule has 2 aliphatic heterocycles. The smallest absolute Gasteiger partial charge is 0.332 e. The van der Waals surface area contributed by atoms with Gasteiger partial charge in [0.05, 0.1) is 23.9 Å². The molecule has 0 saturated carbocycles. The maximum Gasteiger partial charge on any atom is 0.332 e. The number of rotatable bonds is 6. The van der Waals surface area contributed by atoms with Crippen LogP contribution >= 0.6 is 23.4 Å². The standard InChI is InChI=1S/C23H19ClN4O4S/c1-2-31-18-6-4-3-5-16(18)21-25-19(32-26-21)13-27-17-11-12-33-20(17)22(29)28(23(27)30)15-9-7-14(24)8-10-15/h3-12,17,20H,2,13H2,1H3. The predicted octanol–water partition coefficient (Wildman–Crippen LogP) is 4.76. The highest BCUT2D eigenvalue weighted by Gasteiger charge is 2.48. The third-order valence-electron chi connectivity index (χ3n) is 5.36. The Morgan fingerprint density at radius 3 is 2.73 bits per heavy atom. The molecule has 3 aromatic rings. The van der Waals surface area contributed by atoms with Crippen molar-refractivity contribution in [3.8, 4) is 17.1 Å². The number of thioether (sulfide) groups is 1. The van der Waals surface area contributed by atoms with Crippen molar-refractivity contribution in [2.24, 2.45) is 0 Å². The number of urea groups is 1. The summed E-state index contributed by atoms with van der Waals surface area (Å²) in [5.74, 6) is 1.02. The summed E-state index contributed by atoms with van der Waals surface area (Å²) in [6, 6.07) is 13.2. The SMILES string of the molecule is CCOc1ccccc1-c1noc(CN2C(=O)N(c3ccc(Cl)cc3)C(=O)C3SC=CC32)n1. The number of hydrogen-bond acceptors (Lipinski definition) is 7. The molecule has 1 fully saturated rings. The first-order valence-corrected chi connectivity index (χ1v) is 11.7. The maximum atomic E-state index is 13.4. The van der Waals surface area contributed by atoms with Crippen LogP contribution in [0.1, 0.15) is 12.8 Å². The van der Waals surface area contributed by atoms with E-state index in [0.29, 0.717) is 34.5 Å². The molecule has 1 aromatic heterocycles. The molecule has 0 aliphatic carbocycles. The Morgan fingerprint density at radius 2 is 1.94 bits per heavy atom. The van der Waals surface area contributed by atoms with E-state index in [9.17, 15) is 9.59 Å². The fourth-order valence-corrected chi connectivity index (χ4v) is 5.02. The third kappa shape index (κ3) is 3.98. The van der Waals surface area contributed by atoms with Crippen molar-refractivity contribution >= 4 is 41.0 Å². The molecule has 2 aliphatic rings. The van der Waals surface area contributed by atoms with Crippen molar-refractivity contribution in [3.63, 3.8) is 0 Å². The van der Waals surface area contributed by atoms with E-state index in [4.69, 9.17) is 20.9 Å². The first kappa shape index (κ1) is 21.5. The number of amides is 3. The molecule has 3 amide bonds. The third-order valence-corrected chi connectivity index (χ3v) is 6.70. The predicted molar refractivity (Wildman–Crippen MR) is 125 cm³/mol. The van der Waals surface area contributed by atoms with Gasteiger partial charge in [-0.1, -0.05) is 35.0 Å². The van der Waals surface area contributed by atoms with Gasteiger partial charge in [0.25, 0.3) is 5.91 Å². The molecule has 5 rings (SSSR count). The first-order chi connectivity index (χ1) is 16.1. The van der Waals surface area contributed by atoms with Gasteiger partial charge in [0.15, 0.2) is 0 Å². The Hall–Kier alpha value is -3.30. The van der Waals surface area contributed by atoms with E-state index in [1.807, 2.05) is 42.7 Å². The molecule has 0 spiro atoms. The van der Waals surface area contributed by atoms with E-state index in [0.717, 1.165) is 0 Å². The molecule has 10 heteroatoms. The Labute approximate surface area is 199 Å². The highest BCUT2D eigenvalue weighted by molar-refractivity contribution is 8.03. The second-order valence-corrected chi connectivity index (χ2v) is 8.87. The second kappa shape index (κ2) is 8.92. The maximum absolute atomic E-state index is 13.4. The number of carbonyl (C=O) groups is 2. The van der Waals surface area contributed by atoms with Crippen molar-refractivity contribution in [2.75, 3.05) is 11.5 Å². The molecule has 33 heavy (non-hydrogen) atoms. The van der Waals surface area contributed by atoms with Crippen LogP contribution in [0.15, 0.2) is 64.5 Å². The zero-order valence-electron chi connectivity index (χ0n) is 17.6. The van der Waals surface area contributed by atoms with Gasteiger partial charge in [-0.25, -0.2) is 9.69 Å². The number of carbonyl (C=O) groups excluding carboxylic acids is 2. The molecule has 2 unspecified atom stereocenters. The van der Waals surface area contributed by atoms with Crippen molar-refractivity contribution in [1.82, 2.24) is 15.0 Å². The van der Waals surface area contributed by atoms with Crippen LogP contribution in [-0.2, 0) is 11.3 Å². The zero-order valence-corrected chi connectivity index (χ0v) is 19.1. The van der Waals surface area contributed by atoms with E-state index in [2.05, 4.69) is 10.1 Å². The minimum Gasteiger partial charge on any atom is -0.493 e. The quantitative estimate of drug-likeness (QED) is 0.500. The zero-order chi connectivity index (χ0) is 22.9. The van der Waals surface area contributed by atoms with Crippen molar-refractivity contribution in [3.05, 3.63) is 70.9 Å².